The largest absolute Gasteiger partial charge is 0.331 e. The molecule has 128 valence electrons. The highest BCUT2D eigenvalue weighted by atomic mass is 127. The van der Waals surface area contributed by atoms with E-state index in [2.05, 4.69) is 42.2 Å². The lowest BCUT2D eigenvalue weighted by Crippen LogP contribution is -2.30. The van der Waals surface area contributed by atoms with E-state index in [0.717, 1.165) is 11.0 Å². The fraction of sp³-hybridized carbons (Fsp3) is 0.250. The summed E-state index contributed by atoms with van der Waals surface area (Å²) in [5.41, 5.74) is 0.939. The Morgan fingerprint density at radius 2 is 1.58 bits per heavy atom. The van der Waals surface area contributed by atoms with Gasteiger partial charge in [-0.3, -0.25) is 14.3 Å². The van der Waals surface area contributed by atoms with E-state index >= 15 is 0 Å². The predicted molar refractivity (Wildman–Crippen MR) is 116 cm³/mol. The van der Waals surface area contributed by atoms with Crippen molar-refractivity contribution in [3.63, 3.8) is 0 Å². The molecule has 0 aliphatic carbocycles. The Morgan fingerprint density at radius 1 is 1.04 bits per heavy atom. The quantitative estimate of drug-likeness (QED) is 0.415. The van der Waals surface area contributed by atoms with Gasteiger partial charge in [0.05, 0.1) is 0 Å². The van der Waals surface area contributed by atoms with Gasteiger partial charge in [-0.1, -0.05) is 0 Å². The fourth-order valence-electron chi connectivity index (χ4n) is 2.41. The van der Waals surface area contributed by atoms with Crippen LogP contribution in [0.2, 0.25) is 0 Å². The number of nitrogens with zero attached hydrogens (tertiary/aromatic N) is 4. The molecule has 24 heavy (non-hydrogen) atoms. The Bertz CT molecular complexity index is 735. The summed E-state index contributed by atoms with van der Waals surface area (Å²) in [6.45, 7) is 0. The number of rotatable bonds is 4. The summed E-state index contributed by atoms with van der Waals surface area (Å²) in [6, 6.07) is 12.1. The van der Waals surface area contributed by atoms with E-state index in [-0.39, 0.29) is 0 Å². The molecule has 0 aliphatic rings. The maximum absolute atomic E-state index is 5.53. The molecular formula is C16H21IN5PS. The third-order valence-electron chi connectivity index (χ3n) is 3.45. The number of anilines is 1. The van der Waals surface area contributed by atoms with Crippen LogP contribution in [0.5, 0.6) is 0 Å². The third kappa shape index (κ3) is 4.40. The van der Waals surface area contributed by atoms with Crippen LogP contribution >= 0.6 is 42.2 Å². The molecule has 0 fully saturated rings. The molecule has 0 spiro atoms. The van der Waals surface area contributed by atoms with Crippen LogP contribution in [0.15, 0.2) is 53.5 Å². The monoisotopic (exact) mass is 473 g/mol. The Morgan fingerprint density at radius 3 is 2.08 bits per heavy atom. The summed E-state index contributed by atoms with van der Waals surface area (Å²) >= 11 is 7.81. The average molecular weight is 473 g/mol. The van der Waals surface area contributed by atoms with Gasteiger partial charge in [-0.05, 0) is 99.4 Å². The van der Waals surface area contributed by atoms with Crippen molar-refractivity contribution >= 4 is 58.3 Å². The SMILES string of the molecule is CN(C)P(=NC(=S)Nc1ccc(I)cc1)(c1ccncc1)N(C)C. The Kier molecular flexibility index (Phi) is 6.88. The highest BCUT2D eigenvalue weighted by Gasteiger charge is 2.28. The van der Waals surface area contributed by atoms with Gasteiger partial charge in [0.25, 0.3) is 0 Å². The summed E-state index contributed by atoms with van der Waals surface area (Å²) < 4.78 is 10.4. The van der Waals surface area contributed by atoms with E-state index in [9.17, 15) is 0 Å². The number of thiocarbonyl (C=S) groups is 1. The average Bonchev–Trinajstić information content (AvgIpc) is 2.55. The normalized spacial score (nSPS) is 11.6. The molecule has 1 aromatic heterocycles. The number of hydrogen-bond donors (Lipinski definition) is 1. The van der Waals surface area contributed by atoms with E-state index in [1.54, 1.807) is 12.4 Å². The minimum atomic E-state index is -2.15. The summed E-state index contributed by atoms with van der Waals surface area (Å²) in [7, 11) is 5.98. The van der Waals surface area contributed by atoms with Crippen LogP contribution < -0.4 is 10.6 Å². The number of benzene rings is 1. The molecule has 1 N–H and O–H groups in total. The van der Waals surface area contributed by atoms with E-state index in [1.807, 2.05) is 64.6 Å². The molecule has 1 heterocycles. The van der Waals surface area contributed by atoms with Crippen LogP contribution in [0, 0.1) is 3.57 Å². The van der Waals surface area contributed by atoms with Crippen LogP contribution in [-0.2, 0) is 0 Å². The molecule has 5 nitrogen and oxygen atoms in total. The topological polar surface area (TPSA) is 43.8 Å². The third-order valence-corrected chi connectivity index (χ3v) is 8.20. The Labute approximate surface area is 162 Å². The van der Waals surface area contributed by atoms with Gasteiger partial charge < -0.3 is 5.32 Å². The molecule has 0 saturated carbocycles. The first-order chi connectivity index (χ1) is 11.4. The van der Waals surface area contributed by atoms with Gasteiger partial charge in [0.2, 0.25) is 0 Å². The van der Waals surface area contributed by atoms with Crippen molar-refractivity contribution in [1.82, 2.24) is 14.3 Å². The summed E-state index contributed by atoms with van der Waals surface area (Å²) in [5.74, 6) is 0. The number of pyridine rings is 1. The van der Waals surface area contributed by atoms with Crippen molar-refractivity contribution in [2.75, 3.05) is 33.5 Å². The standard InChI is InChI=1S/C16H21IN5PS/c1-21(2)23(22(3)4,15-9-11-18-12-10-15)20-16(24)19-14-7-5-13(17)6-8-14/h5-12H,1-4H3,(H,19,24). The van der Waals surface area contributed by atoms with E-state index < -0.39 is 7.36 Å². The van der Waals surface area contributed by atoms with Gasteiger partial charge >= 0.3 is 0 Å². The second-order valence-corrected chi connectivity index (χ2v) is 10.6. The lowest BCUT2D eigenvalue weighted by atomic mass is 10.3. The second kappa shape index (κ2) is 8.49. The molecule has 0 saturated heterocycles. The molecule has 2 aromatic rings. The maximum atomic E-state index is 5.53. The molecule has 1 aromatic carbocycles. The van der Waals surface area contributed by atoms with Crippen molar-refractivity contribution in [2.24, 2.45) is 4.74 Å². The molecule has 0 bridgehead atoms. The molecule has 0 unspecified atom stereocenters. The van der Waals surface area contributed by atoms with Crippen LogP contribution in [0.4, 0.5) is 5.69 Å². The minimum Gasteiger partial charge on any atom is -0.331 e. The lowest BCUT2D eigenvalue weighted by Gasteiger charge is -2.36. The Hall–Kier alpha value is -0.860. The smallest absolute Gasteiger partial charge is 0.198 e. The van der Waals surface area contributed by atoms with Gasteiger partial charge in [-0.2, -0.15) is 0 Å². The molecule has 0 aliphatic heterocycles. The van der Waals surface area contributed by atoms with Gasteiger partial charge in [0.15, 0.2) is 5.11 Å². The predicted octanol–water partition coefficient (Wildman–Crippen LogP) is 3.86. The van der Waals surface area contributed by atoms with E-state index in [4.69, 9.17) is 17.0 Å². The highest BCUT2D eigenvalue weighted by molar-refractivity contribution is 14.1. The van der Waals surface area contributed by atoms with Crippen LogP contribution in [-0.4, -0.2) is 47.6 Å². The van der Waals surface area contributed by atoms with E-state index in [0.29, 0.717) is 5.11 Å². The number of aromatic nitrogens is 1. The maximum Gasteiger partial charge on any atom is 0.198 e. The van der Waals surface area contributed by atoms with Gasteiger partial charge in [0.1, 0.15) is 7.36 Å². The van der Waals surface area contributed by atoms with Crippen molar-refractivity contribution in [3.8, 4) is 0 Å². The number of nitrogens with one attached hydrogen (secondary N) is 1. The minimum absolute atomic E-state index is 0.476. The molecule has 0 amide bonds. The number of hydrogen-bond acceptors (Lipinski definition) is 2. The van der Waals surface area contributed by atoms with Crippen molar-refractivity contribution in [3.05, 3.63) is 52.4 Å². The zero-order valence-corrected chi connectivity index (χ0v) is 18.0. The fourth-order valence-corrected chi connectivity index (χ4v) is 6.18. The molecule has 0 radical (unpaired) electrons. The lowest BCUT2D eigenvalue weighted by molar-refractivity contribution is 0.572. The van der Waals surface area contributed by atoms with Gasteiger partial charge in [-0.25, -0.2) is 4.74 Å². The van der Waals surface area contributed by atoms with Crippen LogP contribution in [0.1, 0.15) is 0 Å². The molecule has 2 rings (SSSR count). The van der Waals surface area contributed by atoms with Gasteiger partial charge in [0, 0.05) is 27.0 Å². The first-order valence-corrected chi connectivity index (χ1v) is 10.4. The molecule has 0 atom stereocenters. The second-order valence-electron chi connectivity index (χ2n) is 5.51. The van der Waals surface area contributed by atoms with Gasteiger partial charge in [-0.15, -0.1) is 0 Å². The highest BCUT2D eigenvalue weighted by Crippen LogP contribution is 2.52. The van der Waals surface area contributed by atoms with Crippen molar-refractivity contribution in [2.45, 2.75) is 0 Å². The summed E-state index contributed by atoms with van der Waals surface area (Å²) in [5, 5.41) is 4.81. The molecule has 8 heteroatoms. The zero-order chi connectivity index (χ0) is 17.7. The zero-order valence-electron chi connectivity index (χ0n) is 14.1. The van der Waals surface area contributed by atoms with Crippen molar-refractivity contribution < 1.29 is 0 Å². The Balaban J connectivity index is 2.44. The van der Waals surface area contributed by atoms with E-state index in [1.165, 1.54) is 3.57 Å². The van der Waals surface area contributed by atoms with Crippen molar-refractivity contribution in [1.29, 1.82) is 0 Å². The van der Waals surface area contributed by atoms with Crippen LogP contribution in [0.25, 0.3) is 0 Å². The first-order valence-electron chi connectivity index (χ1n) is 7.31. The number of halogens is 1. The van der Waals surface area contributed by atoms with Crippen LogP contribution in [0.3, 0.4) is 0 Å². The summed E-state index contributed by atoms with van der Waals surface area (Å²) in [6.07, 6.45) is 3.59. The molecular weight excluding hydrogens is 452 g/mol. The summed E-state index contributed by atoms with van der Waals surface area (Å²) in [4.78, 5) is 4.12. The first kappa shape index (κ1) is 19.5.